The van der Waals surface area contributed by atoms with E-state index in [9.17, 15) is 4.79 Å². The number of hydrogen-bond acceptors (Lipinski definition) is 3. The third-order valence-electron chi connectivity index (χ3n) is 4.39. The maximum absolute atomic E-state index is 12.0. The molecule has 0 atom stereocenters. The predicted octanol–water partition coefficient (Wildman–Crippen LogP) is 5.27. The Hall–Kier alpha value is -2.49. The number of aromatic hydroxyl groups is 1. The Morgan fingerprint density at radius 1 is 1.00 bits per heavy atom. The van der Waals surface area contributed by atoms with Crippen molar-refractivity contribution >= 4 is 6.09 Å². The summed E-state index contributed by atoms with van der Waals surface area (Å²) in [6.07, 6.45) is 3.07. The van der Waals surface area contributed by atoms with Gasteiger partial charge in [0, 0.05) is 13.1 Å². The van der Waals surface area contributed by atoms with Gasteiger partial charge in [0.1, 0.15) is 11.4 Å². The van der Waals surface area contributed by atoms with E-state index < -0.39 is 5.60 Å². The van der Waals surface area contributed by atoms with Crippen molar-refractivity contribution < 1.29 is 14.6 Å². The zero-order chi connectivity index (χ0) is 19.7. The van der Waals surface area contributed by atoms with Crippen molar-refractivity contribution in [1.29, 1.82) is 0 Å². The summed E-state index contributed by atoms with van der Waals surface area (Å²) in [6.45, 7) is 7.35. The molecule has 4 heteroatoms. The van der Waals surface area contributed by atoms with Crippen LogP contribution in [-0.2, 0) is 11.2 Å². The van der Waals surface area contributed by atoms with E-state index in [-0.39, 0.29) is 6.09 Å². The van der Waals surface area contributed by atoms with Crippen LogP contribution < -0.4 is 0 Å². The fourth-order valence-corrected chi connectivity index (χ4v) is 3.02. The van der Waals surface area contributed by atoms with Crippen LogP contribution in [-0.4, -0.2) is 34.8 Å². The molecule has 1 aliphatic rings. The Morgan fingerprint density at radius 3 is 1.96 bits per heavy atom. The Morgan fingerprint density at radius 2 is 1.52 bits per heavy atom. The van der Waals surface area contributed by atoms with E-state index in [2.05, 4.69) is 30.3 Å². The minimum atomic E-state index is -0.405. The maximum Gasteiger partial charge on any atom is 0.410 e. The van der Waals surface area contributed by atoms with Gasteiger partial charge < -0.3 is 14.7 Å². The van der Waals surface area contributed by atoms with Gasteiger partial charge in [0.05, 0.1) is 0 Å². The number of rotatable bonds is 2. The van der Waals surface area contributed by atoms with E-state index >= 15 is 0 Å². The molecule has 2 aromatic carbocycles. The third-order valence-corrected chi connectivity index (χ3v) is 4.39. The first-order valence-electron chi connectivity index (χ1n) is 9.59. The first-order chi connectivity index (χ1) is 12.8. The first kappa shape index (κ1) is 20.8. The Kier molecular flexibility index (Phi) is 7.71. The van der Waals surface area contributed by atoms with Gasteiger partial charge in [0.25, 0.3) is 0 Å². The normalized spacial score (nSPS) is 14.9. The van der Waals surface area contributed by atoms with Gasteiger partial charge in [0.15, 0.2) is 0 Å². The monoisotopic (exact) mass is 369 g/mol. The minimum Gasteiger partial charge on any atom is -0.508 e. The molecule has 2 aromatic rings. The first-order valence-corrected chi connectivity index (χ1v) is 9.59. The van der Waals surface area contributed by atoms with E-state index in [0.29, 0.717) is 11.7 Å². The smallest absolute Gasteiger partial charge is 0.410 e. The molecule has 1 saturated heterocycles. The lowest BCUT2D eigenvalue weighted by atomic mass is 9.90. The number of nitrogens with zero attached hydrogens (tertiary/aromatic N) is 1. The standard InChI is InChI=1S/C17H25NO2.C6H6O/c1-17(2,3)20-16(19)18-11-9-15(10-12-18)13-14-7-5-4-6-8-14;7-6-4-2-1-3-5-6/h4-8,15H,9-13H2,1-3H3;1-5,7H. The molecule has 0 aliphatic carbocycles. The molecule has 4 nitrogen and oxygen atoms in total. The van der Waals surface area contributed by atoms with E-state index in [1.807, 2.05) is 31.7 Å². The number of benzene rings is 2. The molecule has 3 rings (SSSR count). The van der Waals surface area contributed by atoms with Crippen LogP contribution in [0.2, 0.25) is 0 Å². The fourth-order valence-electron chi connectivity index (χ4n) is 3.02. The molecule has 0 radical (unpaired) electrons. The highest BCUT2D eigenvalue weighted by Crippen LogP contribution is 2.23. The quantitative estimate of drug-likeness (QED) is 0.785. The number of amides is 1. The molecule has 0 saturated carbocycles. The van der Waals surface area contributed by atoms with Crippen LogP contribution in [0.1, 0.15) is 39.2 Å². The highest BCUT2D eigenvalue weighted by Gasteiger charge is 2.26. The number of para-hydroxylation sites is 1. The van der Waals surface area contributed by atoms with Crippen molar-refractivity contribution in [1.82, 2.24) is 4.90 Å². The number of phenols is 1. The van der Waals surface area contributed by atoms with Crippen molar-refractivity contribution in [3.63, 3.8) is 0 Å². The molecule has 1 amide bonds. The van der Waals surface area contributed by atoms with Crippen LogP contribution in [0.15, 0.2) is 60.7 Å². The average Bonchev–Trinajstić information content (AvgIpc) is 2.63. The molecule has 1 fully saturated rings. The van der Waals surface area contributed by atoms with Crippen molar-refractivity contribution in [2.24, 2.45) is 5.92 Å². The molecule has 0 bridgehead atoms. The lowest BCUT2D eigenvalue weighted by Crippen LogP contribution is -2.42. The molecule has 1 heterocycles. The minimum absolute atomic E-state index is 0.171. The van der Waals surface area contributed by atoms with Gasteiger partial charge in [0.2, 0.25) is 0 Å². The molecule has 1 N–H and O–H groups in total. The molecule has 1 aliphatic heterocycles. The van der Waals surface area contributed by atoms with E-state index in [0.717, 1.165) is 32.4 Å². The second kappa shape index (κ2) is 10.0. The fraction of sp³-hybridized carbons (Fsp3) is 0.435. The summed E-state index contributed by atoms with van der Waals surface area (Å²) < 4.78 is 5.42. The number of likely N-dealkylation sites (tertiary alicyclic amines) is 1. The molecule has 27 heavy (non-hydrogen) atoms. The van der Waals surface area contributed by atoms with Crippen molar-refractivity contribution in [3.05, 3.63) is 66.2 Å². The predicted molar refractivity (Wildman–Crippen MR) is 109 cm³/mol. The Labute approximate surface area is 162 Å². The summed E-state index contributed by atoms with van der Waals surface area (Å²) in [7, 11) is 0. The second-order valence-electron chi connectivity index (χ2n) is 7.94. The van der Waals surface area contributed by atoms with Gasteiger partial charge in [-0.1, -0.05) is 48.5 Å². The van der Waals surface area contributed by atoms with Gasteiger partial charge in [-0.2, -0.15) is 0 Å². The number of hydrogen-bond donors (Lipinski definition) is 1. The molecular formula is C23H31NO3. The zero-order valence-corrected chi connectivity index (χ0v) is 16.6. The van der Waals surface area contributed by atoms with Gasteiger partial charge in [-0.25, -0.2) is 4.79 Å². The van der Waals surface area contributed by atoms with E-state index in [1.165, 1.54) is 5.56 Å². The summed E-state index contributed by atoms with van der Waals surface area (Å²) >= 11 is 0. The van der Waals surface area contributed by atoms with Gasteiger partial charge >= 0.3 is 6.09 Å². The number of carbonyl (C=O) groups excluding carboxylic acids is 1. The molecule has 146 valence electrons. The van der Waals surface area contributed by atoms with Crippen LogP contribution in [0.25, 0.3) is 0 Å². The van der Waals surface area contributed by atoms with E-state index in [4.69, 9.17) is 9.84 Å². The number of piperidine rings is 1. The number of ether oxygens (including phenoxy) is 1. The average molecular weight is 370 g/mol. The van der Waals surface area contributed by atoms with Gasteiger partial charge in [-0.05, 0) is 63.6 Å². The van der Waals surface area contributed by atoms with Crippen molar-refractivity contribution in [3.8, 4) is 5.75 Å². The van der Waals surface area contributed by atoms with Gasteiger partial charge in [-0.15, -0.1) is 0 Å². The van der Waals surface area contributed by atoms with E-state index in [1.54, 1.807) is 24.3 Å². The third kappa shape index (κ3) is 8.16. The van der Waals surface area contributed by atoms with Crippen molar-refractivity contribution in [2.75, 3.05) is 13.1 Å². The number of carbonyl (C=O) groups is 1. The highest BCUT2D eigenvalue weighted by molar-refractivity contribution is 5.68. The van der Waals surface area contributed by atoms with Crippen LogP contribution in [0.4, 0.5) is 4.79 Å². The van der Waals surface area contributed by atoms with Crippen LogP contribution in [0.5, 0.6) is 5.75 Å². The van der Waals surface area contributed by atoms with Crippen LogP contribution >= 0.6 is 0 Å². The highest BCUT2D eigenvalue weighted by atomic mass is 16.6. The number of phenolic OH excluding ortho intramolecular Hbond substituents is 1. The second-order valence-corrected chi connectivity index (χ2v) is 7.94. The van der Waals surface area contributed by atoms with Crippen molar-refractivity contribution in [2.45, 2.75) is 45.6 Å². The molecule has 0 aromatic heterocycles. The lowest BCUT2D eigenvalue weighted by Gasteiger charge is -2.33. The summed E-state index contributed by atoms with van der Waals surface area (Å²) in [6, 6.07) is 19.3. The SMILES string of the molecule is CC(C)(C)OC(=O)N1CCC(Cc2ccccc2)CC1.Oc1ccccc1. The molecular weight excluding hydrogens is 338 g/mol. The summed E-state index contributed by atoms with van der Waals surface area (Å²) in [4.78, 5) is 13.8. The topological polar surface area (TPSA) is 49.8 Å². The summed E-state index contributed by atoms with van der Waals surface area (Å²) in [5, 5.41) is 8.63. The Balaban J connectivity index is 0.000000313. The largest absolute Gasteiger partial charge is 0.508 e. The maximum atomic E-state index is 12.0. The molecule has 0 unspecified atom stereocenters. The van der Waals surface area contributed by atoms with Crippen LogP contribution in [0, 0.1) is 5.92 Å². The lowest BCUT2D eigenvalue weighted by molar-refractivity contribution is 0.0184. The summed E-state index contributed by atoms with van der Waals surface area (Å²) in [5.74, 6) is 0.999. The molecule has 0 spiro atoms. The van der Waals surface area contributed by atoms with Gasteiger partial charge in [-0.3, -0.25) is 0 Å². The Bertz CT molecular complexity index is 672. The van der Waals surface area contributed by atoms with Crippen LogP contribution in [0.3, 0.4) is 0 Å². The zero-order valence-electron chi connectivity index (χ0n) is 16.6. The summed E-state index contributed by atoms with van der Waals surface area (Å²) in [5.41, 5.74) is 0.987.